The van der Waals surface area contributed by atoms with Crippen LogP contribution in [-0.2, 0) is 4.79 Å². The summed E-state index contributed by atoms with van der Waals surface area (Å²) in [5.41, 5.74) is 1.94. The molecule has 1 atom stereocenters. The number of nitrogens with zero attached hydrogens (tertiary/aromatic N) is 1. The van der Waals surface area contributed by atoms with Crippen LogP contribution in [0.2, 0.25) is 10.0 Å². The number of likely N-dealkylation sites (N-methyl/N-ethyl adjacent to an activating group) is 1. The molecule has 0 saturated heterocycles. The maximum atomic E-state index is 13.8. The zero-order chi connectivity index (χ0) is 20.3. The molecule has 0 bridgehead atoms. The molecule has 0 aliphatic carbocycles. The predicted molar refractivity (Wildman–Crippen MR) is 110 cm³/mol. The quantitative estimate of drug-likeness (QED) is 0.434. The van der Waals surface area contributed by atoms with Crippen LogP contribution in [0.25, 0.3) is 17.0 Å². The van der Waals surface area contributed by atoms with E-state index in [0.29, 0.717) is 16.3 Å². The van der Waals surface area contributed by atoms with Crippen LogP contribution >= 0.6 is 23.2 Å². The number of pyridine rings is 1. The summed E-state index contributed by atoms with van der Waals surface area (Å²) in [6.45, 7) is 1.75. The molecule has 3 rings (SSSR count). The van der Waals surface area contributed by atoms with Crippen LogP contribution in [0.1, 0.15) is 24.2 Å². The summed E-state index contributed by atoms with van der Waals surface area (Å²) in [6.07, 6.45) is 4.22. The van der Waals surface area contributed by atoms with Crippen molar-refractivity contribution in [1.29, 1.82) is 0 Å². The Labute approximate surface area is 171 Å². The van der Waals surface area contributed by atoms with Gasteiger partial charge in [0.1, 0.15) is 17.7 Å². The monoisotopic (exact) mass is 418 g/mol. The third-order valence-corrected chi connectivity index (χ3v) is 4.86. The molecule has 1 aromatic heterocycles. The first-order chi connectivity index (χ1) is 13.4. The second kappa shape index (κ2) is 8.59. The lowest BCUT2D eigenvalue weighted by atomic mass is 10.1. The van der Waals surface area contributed by atoms with E-state index in [2.05, 4.69) is 10.3 Å². The lowest BCUT2D eigenvalue weighted by molar-refractivity contribution is -0.115. The average molecular weight is 419 g/mol. The van der Waals surface area contributed by atoms with Crippen molar-refractivity contribution in [3.8, 4) is 5.75 Å². The van der Waals surface area contributed by atoms with Crippen LogP contribution in [0, 0.1) is 5.82 Å². The van der Waals surface area contributed by atoms with Gasteiger partial charge in [0.15, 0.2) is 0 Å². The van der Waals surface area contributed by atoms with Gasteiger partial charge in [0.2, 0.25) is 5.91 Å². The van der Waals surface area contributed by atoms with E-state index in [1.54, 1.807) is 32.3 Å². The van der Waals surface area contributed by atoms with Gasteiger partial charge in [-0.1, -0.05) is 23.2 Å². The Balaban J connectivity index is 1.88. The number of hydrogen-bond acceptors (Lipinski definition) is 3. The van der Waals surface area contributed by atoms with Gasteiger partial charge < -0.3 is 10.1 Å². The fourth-order valence-electron chi connectivity index (χ4n) is 2.72. The highest BCUT2D eigenvalue weighted by Gasteiger charge is 2.18. The third-order valence-electron chi connectivity index (χ3n) is 4.15. The molecular formula is C21H17Cl2FN2O2. The van der Waals surface area contributed by atoms with Gasteiger partial charge in [0.05, 0.1) is 10.5 Å². The SMILES string of the molecule is CNC(=O)/C=C/c1cnc2ccc(O[C@H](C)c3c(Cl)ccc(F)c3Cl)cc2c1. The second-order valence-electron chi connectivity index (χ2n) is 6.09. The van der Waals surface area contributed by atoms with Crippen molar-refractivity contribution in [2.24, 2.45) is 0 Å². The maximum Gasteiger partial charge on any atom is 0.243 e. The fourth-order valence-corrected chi connectivity index (χ4v) is 3.40. The van der Waals surface area contributed by atoms with Crippen molar-refractivity contribution in [3.05, 3.63) is 75.7 Å². The number of ether oxygens (including phenoxy) is 1. The van der Waals surface area contributed by atoms with Crippen molar-refractivity contribution in [3.63, 3.8) is 0 Å². The van der Waals surface area contributed by atoms with Crippen molar-refractivity contribution in [2.45, 2.75) is 13.0 Å². The molecule has 4 nitrogen and oxygen atoms in total. The van der Waals surface area contributed by atoms with Gasteiger partial charge in [-0.3, -0.25) is 9.78 Å². The van der Waals surface area contributed by atoms with Crippen LogP contribution in [0.15, 0.2) is 48.7 Å². The number of fused-ring (bicyclic) bond motifs is 1. The highest BCUT2D eigenvalue weighted by Crippen LogP contribution is 2.35. The van der Waals surface area contributed by atoms with E-state index in [1.807, 2.05) is 18.2 Å². The van der Waals surface area contributed by atoms with E-state index in [-0.39, 0.29) is 10.9 Å². The zero-order valence-corrected chi connectivity index (χ0v) is 16.7. The number of hydrogen-bond donors (Lipinski definition) is 1. The first-order valence-electron chi connectivity index (χ1n) is 8.48. The molecule has 144 valence electrons. The third kappa shape index (κ3) is 4.43. The predicted octanol–water partition coefficient (Wildman–Crippen LogP) is 5.58. The largest absolute Gasteiger partial charge is 0.486 e. The minimum atomic E-state index is -0.558. The Hall–Kier alpha value is -2.63. The van der Waals surface area contributed by atoms with Crippen LogP contribution in [0.5, 0.6) is 5.75 Å². The topological polar surface area (TPSA) is 51.2 Å². The Kier molecular flexibility index (Phi) is 6.17. The minimum Gasteiger partial charge on any atom is -0.486 e. The van der Waals surface area contributed by atoms with Crippen LogP contribution in [0.4, 0.5) is 4.39 Å². The Morgan fingerprint density at radius 2 is 2.04 bits per heavy atom. The van der Waals surface area contributed by atoms with E-state index < -0.39 is 11.9 Å². The molecule has 0 aliphatic rings. The highest BCUT2D eigenvalue weighted by molar-refractivity contribution is 6.36. The summed E-state index contributed by atoms with van der Waals surface area (Å²) < 4.78 is 19.7. The number of carbonyl (C=O) groups is 1. The summed E-state index contributed by atoms with van der Waals surface area (Å²) in [7, 11) is 1.56. The van der Waals surface area contributed by atoms with Crippen molar-refractivity contribution in [1.82, 2.24) is 10.3 Å². The average Bonchev–Trinajstić information content (AvgIpc) is 2.68. The first kappa shape index (κ1) is 20.1. The van der Waals surface area contributed by atoms with Gasteiger partial charge in [-0.05, 0) is 55.0 Å². The highest BCUT2D eigenvalue weighted by atomic mass is 35.5. The van der Waals surface area contributed by atoms with E-state index >= 15 is 0 Å². The summed E-state index contributed by atoms with van der Waals surface area (Å²) in [4.78, 5) is 15.7. The van der Waals surface area contributed by atoms with Gasteiger partial charge in [-0.2, -0.15) is 0 Å². The van der Waals surface area contributed by atoms with Crippen LogP contribution in [-0.4, -0.2) is 17.9 Å². The van der Waals surface area contributed by atoms with Gasteiger partial charge in [-0.25, -0.2) is 4.39 Å². The first-order valence-corrected chi connectivity index (χ1v) is 9.24. The van der Waals surface area contributed by atoms with Crippen molar-refractivity contribution < 1.29 is 13.9 Å². The van der Waals surface area contributed by atoms with E-state index in [9.17, 15) is 9.18 Å². The normalized spacial score (nSPS) is 12.3. The molecule has 0 aliphatic heterocycles. The summed E-state index contributed by atoms with van der Waals surface area (Å²) >= 11 is 12.2. The number of amides is 1. The Bertz CT molecular complexity index is 1070. The Morgan fingerprint density at radius 3 is 2.79 bits per heavy atom. The van der Waals surface area contributed by atoms with Crippen molar-refractivity contribution in [2.75, 3.05) is 7.05 Å². The number of benzene rings is 2. The standard InChI is InChI=1S/C21H17Cl2FN2O2/c1-12(20-16(22)5-6-17(24)21(20)23)28-15-4-7-18-14(10-15)9-13(11-26-18)3-8-19(27)25-2/h3-12H,1-2H3,(H,25,27)/b8-3+/t12-/m1/s1. The molecular weight excluding hydrogens is 402 g/mol. The molecule has 3 aromatic rings. The van der Waals surface area contributed by atoms with Gasteiger partial charge in [0, 0.05) is 35.3 Å². The molecule has 1 heterocycles. The molecule has 2 aromatic carbocycles. The fraction of sp³-hybridized carbons (Fsp3) is 0.143. The number of aromatic nitrogens is 1. The lowest BCUT2D eigenvalue weighted by Gasteiger charge is -2.18. The molecule has 1 N–H and O–H groups in total. The Morgan fingerprint density at radius 1 is 1.25 bits per heavy atom. The van der Waals surface area contributed by atoms with Gasteiger partial charge in [0.25, 0.3) is 0 Å². The zero-order valence-electron chi connectivity index (χ0n) is 15.2. The number of nitrogens with one attached hydrogen (secondary N) is 1. The number of carbonyl (C=O) groups excluding carboxylic acids is 1. The summed E-state index contributed by atoms with van der Waals surface area (Å²) in [5, 5.41) is 3.64. The smallest absolute Gasteiger partial charge is 0.243 e. The van der Waals surface area contributed by atoms with Gasteiger partial charge >= 0.3 is 0 Å². The number of halogens is 3. The van der Waals surface area contributed by atoms with Gasteiger partial charge in [-0.15, -0.1) is 0 Å². The summed E-state index contributed by atoms with van der Waals surface area (Å²) in [5.74, 6) is -0.188. The second-order valence-corrected chi connectivity index (χ2v) is 6.87. The van der Waals surface area contributed by atoms with E-state index in [1.165, 1.54) is 18.2 Å². The molecule has 0 saturated carbocycles. The molecule has 0 fully saturated rings. The molecule has 0 radical (unpaired) electrons. The molecule has 7 heteroatoms. The number of rotatable bonds is 5. The molecule has 28 heavy (non-hydrogen) atoms. The lowest BCUT2D eigenvalue weighted by Crippen LogP contribution is -2.13. The van der Waals surface area contributed by atoms with E-state index in [4.69, 9.17) is 27.9 Å². The summed E-state index contributed by atoms with van der Waals surface area (Å²) in [6, 6.07) is 9.97. The van der Waals surface area contributed by atoms with Crippen LogP contribution in [0.3, 0.4) is 0 Å². The van der Waals surface area contributed by atoms with Crippen molar-refractivity contribution >= 4 is 46.1 Å². The minimum absolute atomic E-state index is 0.0518. The molecule has 0 unspecified atom stereocenters. The maximum absolute atomic E-state index is 13.8. The van der Waals surface area contributed by atoms with E-state index in [0.717, 1.165) is 16.5 Å². The molecule has 1 amide bonds. The van der Waals surface area contributed by atoms with Crippen LogP contribution < -0.4 is 10.1 Å². The molecule has 0 spiro atoms.